The minimum atomic E-state index is -0.121. The second kappa shape index (κ2) is 7.11. The first-order chi connectivity index (χ1) is 12.3. The monoisotopic (exact) mass is 347 g/mol. The molecule has 0 spiro atoms. The van der Waals surface area contributed by atoms with Crippen molar-refractivity contribution in [3.8, 4) is 5.69 Å². The molecule has 0 amide bonds. The van der Waals surface area contributed by atoms with Crippen molar-refractivity contribution in [3.05, 3.63) is 83.9 Å². The minimum Gasteiger partial charge on any atom is -0.231 e. The third kappa shape index (κ3) is 3.21. The summed E-state index contributed by atoms with van der Waals surface area (Å²) in [6.07, 6.45) is 4.41. The maximum atomic E-state index is 2.41. The van der Waals surface area contributed by atoms with Crippen LogP contribution in [0.15, 0.2) is 67.0 Å². The van der Waals surface area contributed by atoms with Gasteiger partial charge >= 0.3 is 0 Å². The number of hydrogen-bond donors (Lipinski definition) is 0. The molecule has 26 heavy (non-hydrogen) atoms. The number of imidazole rings is 1. The van der Waals surface area contributed by atoms with Gasteiger partial charge in [-0.1, -0.05) is 56.3 Å². The Morgan fingerprint density at radius 2 is 1.46 bits per heavy atom. The smallest absolute Gasteiger partial charge is 0.231 e. The van der Waals surface area contributed by atoms with E-state index in [1.54, 1.807) is 0 Å². The first kappa shape index (κ1) is 18.4. The van der Waals surface area contributed by atoms with E-state index in [1.165, 1.54) is 22.6 Å². The van der Waals surface area contributed by atoms with E-state index in [0.29, 0.717) is 12.0 Å². The summed E-state index contributed by atoms with van der Waals surface area (Å²) in [5.41, 5.74) is 3.91. The summed E-state index contributed by atoms with van der Waals surface area (Å²) in [5, 5.41) is 0. The van der Waals surface area contributed by atoms with E-state index in [2.05, 4.69) is 118 Å². The van der Waals surface area contributed by atoms with Gasteiger partial charge in [-0.3, -0.25) is 0 Å². The quantitative estimate of drug-likeness (QED) is 0.516. The molecule has 0 aliphatic heterocycles. The Bertz CT molecular complexity index is 870. The van der Waals surface area contributed by atoms with Gasteiger partial charge in [-0.2, -0.15) is 4.57 Å². The third-order valence-electron chi connectivity index (χ3n) is 5.25. The minimum absolute atomic E-state index is 0.121. The lowest BCUT2D eigenvalue weighted by Gasteiger charge is -2.28. The van der Waals surface area contributed by atoms with Gasteiger partial charge in [0.1, 0.15) is 18.1 Å². The van der Waals surface area contributed by atoms with E-state index in [0.717, 1.165) is 0 Å². The molecule has 0 saturated carbocycles. The number of benzene rings is 2. The molecule has 2 nitrogen and oxygen atoms in total. The molecule has 0 radical (unpaired) electrons. The molecule has 0 unspecified atom stereocenters. The summed E-state index contributed by atoms with van der Waals surface area (Å²) in [5.74, 6) is 1.81. The second-order valence-corrected chi connectivity index (χ2v) is 8.20. The molecule has 3 aromatic rings. The lowest BCUT2D eigenvalue weighted by molar-refractivity contribution is -0.725. The zero-order chi connectivity index (χ0) is 18.9. The van der Waals surface area contributed by atoms with Crippen LogP contribution < -0.4 is 4.57 Å². The van der Waals surface area contributed by atoms with Gasteiger partial charge in [0.2, 0.25) is 0 Å². The molecule has 0 aliphatic rings. The van der Waals surface area contributed by atoms with E-state index in [-0.39, 0.29) is 5.41 Å². The van der Waals surface area contributed by atoms with Crippen LogP contribution in [0.4, 0.5) is 0 Å². The summed E-state index contributed by atoms with van der Waals surface area (Å²) < 4.78 is 4.75. The maximum Gasteiger partial charge on any atom is 0.272 e. The van der Waals surface area contributed by atoms with Crippen molar-refractivity contribution in [2.75, 3.05) is 0 Å². The highest BCUT2D eigenvalue weighted by molar-refractivity contribution is 5.42. The number of para-hydroxylation sites is 1. The number of hydrogen-bond acceptors (Lipinski definition) is 0. The molecule has 0 saturated heterocycles. The van der Waals surface area contributed by atoms with E-state index in [4.69, 9.17) is 0 Å². The molecule has 0 atom stereocenters. The number of nitrogens with zero attached hydrogens (tertiary/aromatic N) is 2. The molecule has 3 rings (SSSR count). The summed E-state index contributed by atoms with van der Waals surface area (Å²) in [7, 11) is 0. The summed E-state index contributed by atoms with van der Waals surface area (Å²) in [6, 6.07) is 19.9. The van der Waals surface area contributed by atoms with Gasteiger partial charge in [0.05, 0.1) is 11.5 Å². The topological polar surface area (TPSA) is 8.81 Å². The van der Waals surface area contributed by atoms with Gasteiger partial charge < -0.3 is 0 Å². The fourth-order valence-corrected chi connectivity index (χ4v) is 3.93. The Kier molecular flexibility index (Phi) is 5.04. The maximum absolute atomic E-state index is 2.41. The molecular formula is C24H31N2+. The summed E-state index contributed by atoms with van der Waals surface area (Å²) in [4.78, 5) is 0. The van der Waals surface area contributed by atoms with Crippen LogP contribution in [-0.4, -0.2) is 4.57 Å². The van der Waals surface area contributed by atoms with Crippen molar-refractivity contribution < 1.29 is 4.57 Å². The van der Waals surface area contributed by atoms with Gasteiger partial charge in [0, 0.05) is 0 Å². The highest BCUT2D eigenvalue weighted by Gasteiger charge is 2.39. The highest BCUT2D eigenvalue weighted by Crippen LogP contribution is 2.36. The molecule has 2 heteroatoms. The van der Waals surface area contributed by atoms with Crippen molar-refractivity contribution in [1.82, 2.24) is 4.57 Å². The molecule has 0 fully saturated rings. The van der Waals surface area contributed by atoms with Crippen molar-refractivity contribution in [2.45, 2.75) is 58.9 Å². The summed E-state index contributed by atoms with van der Waals surface area (Å²) in [6.45, 7) is 13.8. The van der Waals surface area contributed by atoms with Crippen LogP contribution in [0.1, 0.15) is 70.5 Å². The highest BCUT2D eigenvalue weighted by atomic mass is 15.2. The standard InChI is InChI=1S/C24H31N2/c1-18(2)21-14-10-11-15-22(21)24(5,6)23-25(19(3)4)16-17-26(23)20-12-8-7-9-13-20/h7-19H,1-6H3/q+1. The molecule has 1 heterocycles. The van der Waals surface area contributed by atoms with E-state index < -0.39 is 0 Å². The molecule has 136 valence electrons. The van der Waals surface area contributed by atoms with Crippen molar-refractivity contribution in [1.29, 1.82) is 0 Å². The summed E-state index contributed by atoms with van der Waals surface area (Å²) >= 11 is 0. The zero-order valence-electron chi connectivity index (χ0n) is 16.9. The average Bonchev–Trinajstić information content (AvgIpc) is 3.08. The fourth-order valence-electron chi connectivity index (χ4n) is 3.93. The molecule has 0 bridgehead atoms. The van der Waals surface area contributed by atoms with Gasteiger partial charge in [0.25, 0.3) is 5.82 Å². The van der Waals surface area contributed by atoms with E-state index in [1.807, 2.05) is 0 Å². The molecule has 2 aromatic carbocycles. The third-order valence-corrected chi connectivity index (χ3v) is 5.25. The SMILES string of the molecule is CC(C)c1ccccc1C(C)(C)c1n(-c2ccccc2)cc[n+]1C(C)C. The fraction of sp³-hybridized carbons (Fsp3) is 0.375. The second-order valence-electron chi connectivity index (χ2n) is 8.20. The normalized spacial score (nSPS) is 12.2. The Labute approximate surface area is 158 Å². The zero-order valence-corrected chi connectivity index (χ0v) is 16.9. The first-order valence-electron chi connectivity index (χ1n) is 9.61. The van der Waals surface area contributed by atoms with Crippen molar-refractivity contribution >= 4 is 0 Å². The molecule has 0 N–H and O–H groups in total. The molecule has 0 aliphatic carbocycles. The van der Waals surface area contributed by atoms with Crippen LogP contribution in [0.5, 0.6) is 0 Å². The Morgan fingerprint density at radius 1 is 0.846 bits per heavy atom. The predicted octanol–water partition coefficient (Wildman–Crippen LogP) is 5.80. The van der Waals surface area contributed by atoms with Gasteiger partial charge in [-0.05, 0) is 56.9 Å². The van der Waals surface area contributed by atoms with Crippen LogP contribution in [0.25, 0.3) is 5.69 Å². The van der Waals surface area contributed by atoms with Gasteiger partial charge in [-0.15, -0.1) is 0 Å². The number of rotatable bonds is 5. The molecular weight excluding hydrogens is 316 g/mol. The van der Waals surface area contributed by atoms with Crippen LogP contribution in [-0.2, 0) is 5.41 Å². The molecule has 1 aromatic heterocycles. The van der Waals surface area contributed by atoms with Gasteiger partial charge in [-0.25, -0.2) is 4.57 Å². The Morgan fingerprint density at radius 3 is 2.08 bits per heavy atom. The van der Waals surface area contributed by atoms with Crippen LogP contribution in [0.2, 0.25) is 0 Å². The lowest BCUT2D eigenvalue weighted by atomic mass is 9.78. The predicted molar refractivity (Wildman–Crippen MR) is 109 cm³/mol. The van der Waals surface area contributed by atoms with Crippen LogP contribution in [0, 0.1) is 0 Å². The Balaban J connectivity index is 2.27. The first-order valence-corrected chi connectivity index (χ1v) is 9.61. The van der Waals surface area contributed by atoms with Crippen LogP contribution >= 0.6 is 0 Å². The Hall–Kier alpha value is -2.35. The van der Waals surface area contributed by atoms with E-state index >= 15 is 0 Å². The van der Waals surface area contributed by atoms with Gasteiger partial charge in [0.15, 0.2) is 0 Å². The average molecular weight is 348 g/mol. The lowest BCUT2D eigenvalue weighted by Crippen LogP contribution is -2.46. The van der Waals surface area contributed by atoms with Crippen molar-refractivity contribution in [3.63, 3.8) is 0 Å². The van der Waals surface area contributed by atoms with Crippen LogP contribution in [0.3, 0.4) is 0 Å². The number of aromatic nitrogens is 2. The largest absolute Gasteiger partial charge is 0.272 e. The van der Waals surface area contributed by atoms with E-state index in [9.17, 15) is 0 Å². The van der Waals surface area contributed by atoms with Crippen molar-refractivity contribution in [2.24, 2.45) is 0 Å².